The first-order valence-corrected chi connectivity index (χ1v) is 8.62. The zero-order chi connectivity index (χ0) is 14.0. The maximum absolute atomic E-state index is 11.2. The van der Waals surface area contributed by atoms with Crippen molar-refractivity contribution < 1.29 is 8.42 Å². The summed E-state index contributed by atoms with van der Waals surface area (Å²) in [5, 5.41) is 1.34. The van der Waals surface area contributed by atoms with Crippen LogP contribution in [-0.2, 0) is 16.6 Å². The average molecular weight is 323 g/mol. The molecule has 106 valence electrons. The highest BCUT2D eigenvalue weighted by atomic mass is 35.5. The van der Waals surface area contributed by atoms with Crippen molar-refractivity contribution >= 4 is 33.2 Å². The van der Waals surface area contributed by atoms with Gasteiger partial charge < -0.3 is 0 Å². The summed E-state index contributed by atoms with van der Waals surface area (Å²) in [7, 11) is -3.14. The summed E-state index contributed by atoms with van der Waals surface area (Å²) in [6, 6.07) is 5.36. The van der Waals surface area contributed by atoms with E-state index in [9.17, 15) is 8.42 Å². The molecule has 0 radical (unpaired) electrons. The Morgan fingerprint density at radius 1 is 1.42 bits per heavy atom. The van der Waals surface area contributed by atoms with Gasteiger partial charge in [-0.25, -0.2) is 13.1 Å². The molecule has 1 atom stereocenters. The van der Waals surface area contributed by atoms with Gasteiger partial charge in [-0.1, -0.05) is 23.2 Å². The molecule has 0 spiro atoms. The number of benzene rings is 1. The SMILES string of the molecule is CS(=O)(=O)N[C@@H]1CCN(Cc2cc(Cl)ccc2Cl)C1. The van der Waals surface area contributed by atoms with Crippen molar-refractivity contribution in [2.24, 2.45) is 0 Å². The van der Waals surface area contributed by atoms with Gasteiger partial charge in [-0.2, -0.15) is 0 Å². The Morgan fingerprint density at radius 3 is 2.84 bits per heavy atom. The highest BCUT2D eigenvalue weighted by Gasteiger charge is 2.25. The molecule has 0 aromatic heterocycles. The monoisotopic (exact) mass is 322 g/mol. The van der Waals surface area contributed by atoms with Gasteiger partial charge in [-0.05, 0) is 30.2 Å². The molecule has 0 unspecified atom stereocenters. The Balaban J connectivity index is 1.97. The van der Waals surface area contributed by atoms with Crippen molar-refractivity contribution in [1.29, 1.82) is 0 Å². The van der Waals surface area contributed by atoms with E-state index in [0.717, 1.165) is 18.5 Å². The van der Waals surface area contributed by atoms with Gasteiger partial charge in [0, 0.05) is 35.7 Å². The highest BCUT2D eigenvalue weighted by molar-refractivity contribution is 7.88. The topological polar surface area (TPSA) is 49.4 Å². The molecule has 7 heteroatoms. The minimum Gasteiger partial charge on any atom is -0.297 e. The van der Waals surface area contributed by atoms with Crippen LogP contribution in [0.3, 0.4) is 0 Å². The zero-order valence-corrected chi connectivity index (χ0v) is 12.9. The normalized spacial score (nSPS) is 20.9. The minimum atomic E-state index is -3.14. The maximum Gasteiger partial charge on any atom is 0.208 e. The van der Waals surface area contributed by atoms with Gasteiger partial charge in [0.2, 0.25) is 10.0 Å². The number of hydrogen-bond donors (Lipinski definition) is 1. The molecule has 4 nitrogen and oxygen atoms in total. The van der Waals surface area contributed by atoms with E-state index in [1.807, 2.05) is 6.07 Å². The summed E-state index contributed by atoms with van der Waals surface area (Å²) >= 11 is 12.1. The standard InChI is InChI=1S/C12H16Cl2N2O2S/c1-19(17,18)15-11-4-5-16(8-11)7-9-6-10(13)2-3-12(9)14/h2-3,6,11,15H,4-5,7-8H2,1H3/t11-/m1/s1. The van der Waals surface area contributed by atoms with E-state index in [-0.39, 0.29) is 6.04 Å². The molecule has 0 saturated carbocycles. The summed E-state index contributed by atoms with van der Waals surface area (Å²) in [6.07, 6.45) is 1.99. The van der Waals surface area contributed by atoms with Crippen molar-refractivity contribution in [3.63, 3.8) is 0 Å². The predicted octanol–water partition coefficient (Wildman–Crippen LogP) is 2.12. The molecule has 1 heterocycles. The lowest BCUT2D eigenvalue weighted by atomic mass is 10.2. The van der Waals surface area contributed by atoms with Gasteiger partial charge in [0.25, 0.3) is 0 Å². The van der Waals surface area contributed by atoms with E-state index in [2.05, 4.69) is 9.62 Å². The first kappa shape index (κ1) is 15.1. The number of halogens is 2. The van der Waals surface area contributed by atoms with Crippen LogP contribution >= 0.6 is 23.2 Å². The average Bonchev–Trinajstić information content (AvgIpc) is 2.68. The van der Waals surface area contributed by atoms with Gasteiger partial charge in [-0.15, -0.1) is 0 Å². The summed E-state index contributed by atoms with van der Waals surface area (Å²) in [5.41, 5.74) is 0.967. The lowest BCUT2D eigenvalue weighted by Crippen LogP contribution is -2.36. The summed E-state index contributed by atoms with van der Waals surface area (Å²) in [4.78, 5) is 2.17. The summed E-state index contributed by atoms with van der Waals surface area (Å²) in [6.45, 7) is 2.22. The molecular formula is C12H16Cl2N2O2S. The van der Waals surface area contributed by atoms with E-state index in [4.69, 9.17) is 23.2 Å². The molecule has 0 bridgehead atoms. The van der Waals surface area contributed by atoms with Crippen LogP contribution in [0, 0.1) is 0 Å². The molecular weight excluding hydrogens is 307 g/mol. The first-order chi connectivity index (χ1) is 8.83. The van der Waals surface area contributed by atoms with Crippen LogP contribution in [0.25, 0.3) is 0 Å². The third-order valence-corrected chi connectivity index (χ3v) is 4.42. The second-order valence-corrected chi connectivity index (χ2v) is 7.47. The number of rotatable bonds is 4. The lowest BCUT2D eigenvalue weighted by molar-refractivity contribution is 0.325. The number of nitrogens with zero attached hydrogens (tertiary/aromatic N) is 1. The molecule has 1 fully saturated rings. The largest absolute Gasteiger partial charge is 0.297 e. The Hall–Kier alpha value is -0.330. The number of sulfonamides is 1. The molecule has 0 aliphatic carbocycles. The Bertz CT molecular complexity index is 563. The van der Waals surface area contributed by atoms with Gasteiger partial charge in [0.05, 0.1) is 6.26 Å². The van der Waals surface area contributed by atoms with Crippen LogP contribution in [0.1, 0.15) is 12.0 Å². The van der Waals surface area contributed by atoms with Gasteiger partial charge in [0.1, 0.15) is 0 Å². The molecule has 1 aliphatic rings. The molecule has 1 saturated heterocycles. The second kappa shape index (κ2) is 5.97. The van der Waals surface area contributed by atoms with Crippen LogP contribution < -0.4 is 4.72 Å². The molecule has 1 N–H and O–H groups in total. The third kappa shape index (κ3) is 4.61. The fourth-order valence-electron chi connectivity index (χ4n) is 2.28. The molecule has 19 heavy (non-hydrogen) atoms. The quantitative estimate of drug-likeness (QED) is 0.923. The summed E-state index contributed by atoms with van der Waals surface area (Å²) < 4.78 is 25.0. The maximum atomic E-state index is 11.2. The molecule has 0 amide bonds. The number of likely N-dealkylation sites (tertiary alicyclic amines) is 1. The number of hydrogen-bond acceptors (Lipinski definition) is 3. The molecule has 1 aromatic rings. The van der Waals surface area contributed by atoms with E-state index in [1.165, 1.54) is 6.26 Å². The van der Waals surface area contributed by atoms with Crippen LogP contribution in [0.5, 0.6) is 0 Å². The fraction of sp³-hybridized carbons (Fsp3) is 0.500. The fourth-order valence-corrected chi connectivity index (χ4v) is 3.45. The van der Waals surface area contributed by atoms with E-state index in [1.54, 1.807) is 12.1 Å². The molecule has 1 aliphatic heterocycles. The first-order valence-electron chi connectivity index (χ1n) is 5.97. The zero-order valence-electron chi connectivity index (χ0n) is 10.6. The van der Waals surface area contributed by atoms with Gasteiger partial charge >= 0.3 is 0 Å². The molecule has 1 aromatic carbocycles. The van der Waals surface area contributed by atoms with Crippen LogP contribution in [0.4, 0.5) is 0 Å². The van der Waals surface area contributed by atoms with E-state index in [0.29, 0.717) is 23.1 Å². The minimum absolute atomic E-state index is 0.0204. The van der Waals surface area contributed by atoms with Crippen molar-refractivity contribution in [2.75, 3.05) is 19.3 Å². The van der Waals surface area contributed by atoms with Crippen LogP contribution in [0.2, 0.25) is 10.0 Å². The third-order valence-electron chi connectivity index (χ3n) is 3.05. The number of nitrogens with one attached hydrogen (secondary N) is 1. The van der Waals surface area contributed by atoms with Crippen molar-refractivity contribution in [3.8, 4) is 0 Å². The van der Waals surface area contributed by atoms with Gasteiger partial charge in [0.15, 0.2) is 0 Å². The van der Waals surface area contributed by atoms with Gasteiger partial charge in [-0.3, -0.25) is 4.90 Å². The van der Waals surface area contributed by atoms with Crippen LogP contribution in [0.15, 0.2) is 18.2 Å². The molecule has 2 rings (SSSR count). The highest BCUT2D eigenvalue weighted by Crippen LogP contribution is 2.23. The Morgan fingerprint density at radius 2 is 2.16 bits per heavy atom. The van der Waals surface area contributed by atoms with Crippen molar-refractivity contribution in [1.82, 2.24) is 9.62 Å². The van der Waals surface area contributed by atoms with Crippen molar-refractivity contribution in [3.05, 3.63) is 33.8 Å². The Kier molecular flexibility index (Phi) is 4.74. The Labute approximate surface area is 123 Å². The van der Waals surface area contributed by atoms with Crippen molar-refractivity contribution in [2.45, 2.75) is 19.0 Å². The second-order valence-electron chi connectivity index (χ2n) is 4.85. The van der Waals surface area contributed by atoms with Crippen LogP contribution in [-0.4, -0.2) is 38.7 Å². The smallest absolute Gasteiger partial charge is 0.208 e. The summed E-state index contributed by atoms with van der Waals surface area (Å²) in [5.74, 6) is 0. The van der Waals surface area contributed by atoms with E-state index < -0.39 is 10.0 Å². The predicted molar refractivity (Wildman–Crippen MR) is 78.1 cm³/mol. The lowest BCUT2D eigenvalue weighted by Gasteiger charge is -2.17. The van der Waals surface area contributed by atoms with E-state index >= 15 is 0 Å².